The number of carbonyl (C=O) groups is 1. The van der Waals surface area contributed by atoms with Gasteiger partial charge in [-0.2, -0.15) is 9.05 Å². The van der Waals surface area contributed by atoms with E-state index in [2.05, 4.69) is 0 Å². The van der Waals surface area contributed by atoms with Gasteiger partial charge < -0.3 is 14.6 Å². The zero-order valence-electron chi connectivity index (χ0n) is 14.9. The first-order chi connectivity index (χ1) is 12.5. The summed E-state index contributed by atoms with van der Waals surface area (Å²) in [4.78, 5) is 12.8. The quantitative estimate of drug-likeness (QED) is 0.490. The van der Waals surface area contributed by atoms with E-state index in [9.17, 15) is 9.90 Å². The predicted molar refractivity (Wildman–Crippen MR) is 96.9 cm³/mol. The number of aliphatic hydroxyl groups excluding tert-OH is 1. The van der Waals surface area contributed by atoms with Crippen LogP contribution in [0.5, 0.6) is 5.75 Å². The van der Waals surface area contributed by atoms with Crippen molar-refractivity contribution in [3.63, 3.8) is 0 Å². The summed E-state index contributed by atoms with van der Waals surface area (Å²) < 4.78 is 27.1. The van der Waals surface area contributed by atoms with E-state index >= 15 is 0 Å². The Morgan fingerprint density at radius 1 is 1.04 bits per heavy atom. The van der Waals surface area contributed by atoms with Crippen molar-refractivity contribution in [3.05, 3.63) is 53.2 Å². The average Bonchev–Trinajstić information content (AvgIpc) is 2.70. The third-order valence-corrected chi connectivity index (χ3v) is 6.77. The van der Waals surface area contributed by atoms with Gasteiger partial charge in [0.25, 0.3) is 5.31 Å². The largest absolute Gasteiger partial charge is 0.496 e. The zero-order valence-corrected chi connectivity index (χ0v) is 15.8. The number of methoxy groups -OCH3 is 2. The molecule has 0 spiro atoms. The lowest BCUT2D eigenvalue weighted by Crippen LogP contribution is -2.28. The molecule has 1 heterocycles. The van der Waals surface area contributed by atoms with Crippen molar-refractivity contribution < 1.29 is 32.9 Å². The highest BCUT2D eigenvalue weighted by Crippen LogP contribution is 2.74. The van der Waals surface area contributed by atoms with E-state index in [-0.39, 0.29) is 5.31 Å². The Kier molecular flexibility index (Phi) is 5.05. The summed E-state index contributed by atoms with van der Waals surface area (Å²) in [6.45, 7) is 0. The monoisotopic (exact) mass is 379 g/mol. The van der Waals surface area contributed by atoms with Crippen molar-refractivity contribution in [3.8, 4) is 5.75 Å². The van der Waals surface area contributed by atoms with E-state index in [0.29, 0.717) is 11.3 Å². The summed E-state index contributed by atoms with van der Waals surface area (Å²) in [7, 11) is 2.08. The van der Waals surface area contributed by atoms with Crippen LogP contribution in [0.1, 0.15) is 11.5 Å². The molecule has 0 radical (unpaired) electrons. The van der Waals surface area contributed by atoms with Gasteiger partial charge in [0.05, 0.1) is 28.4 Å². The minimum atomic E-state index is -3.26. The lowest BCUT2D eigenvalue weighted by molar-refractivity contribution is -0.141. The van der Waals surface area contributed by atoms with Gasteiger partial charge in [0.1, 0.15) is 0 Å². The van der Waals surface area contributed by atoms with Gasteiger partial charge >= 0.3 is 19.9 Å². The van der Waals surface area contributed by atoms with Crippen LogP contribution in [0.15, 0.2) is 47.7 Å². The van der Waals surface area contributed by atoms with Gasteiger partial charge in [-0.25, -0.2) is 0 Å². The molecule has 8 heteroatoms. The van der Waals surface area contributed by atoms with Gasteiger partial charge in [-0.15, -0.1) is 0 Å². The van der Waals surface area contributed by atoms with Crippen LogP contribution in [0.2, 0.25) is 0 Å². The molecule has 1 unspecified atom stereocenters. The summed E-state index contributed by atoms with van der Waals surface area (Å²) in [5.74, 6) is -1.63. The molecule has 1 atom stereocenters. The Morgan fingerprint density at radius 3 is 2.35 bits per heavy atom. The van der Waals surface area contributed by atoms with Crippen molar-refractivity contribution in [1.82, 2.24) is 0 Å². The number of hydrogen-bond donors (Lipinski definition) is 1. The van der Waals surface area contributed by atoms with Crippen LogP contribution in [-0.2, 0) is 23.3 Å². The van der Waals surface area contributed by atoms with Gasteiger partial charge in [0.2, 0.25) is 0 Å². The smallest absolute Gasteiger partial charge is 0.478 e. The predicted octanol–water partition coefficient (Wildman–Crippen LogP) is 3.92. The molecule has 0 aliphatic carbocycles. The highest BCUT2D eigenvalue weighted by atomic mass is 31.2. The average molecular weight is 379 g/mol. The third kappa shape index (κ3) is 2.69. The molecule has 0 amide bonds. The van der Waals surface area contributed by atoms with E-state index in [1.165, 1.54) is 28.4 Å². The van der Waals surface area contributed by atoms with Gasteiger partial charge in [-0.1, -0.05) is 30.3 Å². The summed E-state index contributed by atoms with van der Waals surface area (Å²) >= 11 is 0. The number of aliphatic hydroxyl groups is 1. The van der Waals surface area contributed by atoms with Crippen LogP contribution in [0, 0.1) is 0 Å². The molecule has 2 aromatic carbocycles. The summed E-state index contributed by atoms with van der Waals surface area (Å²) in [6.07, 6.45) is 0. The first-order valence-corrected chi connectivity index (χ1v) is 9.34. The van der Waals surface area contributed by atoms with E-state index in [1.54, 1.807) is 6.07 Å². The Morgan fingerprint density at radius 2 is 1.73 bits per heavy atom. The van der Waals surface area contributed by atoms with Gasteiger partial charge in [0.15, 0.2) is 11.7 Å². The molecule has 1 N–H and O–H groups in total. The molecule has 0 fully saturated rings. The normalized spacial score (nSPS) is 20.1. The molecule has 3 rings (SSSR count). The molecule has 0 bridgehead atoms. The van der Waals surface area contributed by atoms with Gasteiger partial charge in [-0.05, 0) is 16.8 Å². The maximum Gasteiger partial charge on any atom is 0.496 e. The number of esters is 1. The molecule has 1 aliphatic rings. The standard InChI is InChI=1S/C18H19O7P/c1-21-17(19)15-14-12-8-6-5-7-11(12)9-10-13(14)25-26(23-3,24-4)16(15)18(20)22-2/h5-10,15H,1-4H3/p+1/b18-16-. The number of rotatable bonds is 4. The number of benzene rings is 2. The SMILES string of the molecule is COC(=O)C1/C(=C(\O)OC)[P+](OC)(OC)Oc2ccc3ccccc3c21. The van der Waals surface area contributed by atoms with Crippen LogP contribution >= 0.6 is 7.94 Å². The molecule has 26 heavy (non-hydrogen) atoms. The molecular formula is C18H20O7P+. The topological polar surface area (TPSA) is 83.5 Å². The lowest BCUT2D eigenvalue weighted by atomic mass is 9.91. The summed E-state index contributed by atoms with van der Waals surface area (Å²) in [6, 6.07) is 11.2. The minimum Gasteiger partial charge on any atom is -0.478 e. The highest BCUT2D eigenvalue weighted by molar-refractivity contribution is 7.66. The molecule has 7 nitrogen and oxygen atoms in total. The Balaban J connectivity index is 2.42. The highest BCUT2D eigenvalue weighted by Gasteiger charge is 2.63. The van der Waals surface area contributed by atoms with Crippen LogP contribution in [0.4, 0.5) is 0 Å². The number of carbonyl (C=O) groups excluding carboxylic acids is 1. The molecule has 138 valence electrons. The van der Waals surface area contributed by atoms with Crippen molar-refractivity contribution in [1.29, 1.82) is 0 Å². The summed E-state index contributed by atoms with van der Waals surface area (Å²) in [5, 5.41) is 12.2. The van der Waals surface area contributed by atoms with Crippen LogP contribution in [0.3, 0.4) is 0 Å². The molecule has 0 aromatic heterocycles. The van der Waals surface area contributed by atoms with E-state index in [4.69, 9.17) is 23.0 Å². The zero-order chi connectivity index (χ0) is 18.9. The molecule has 1 aliphatic heterocycles. The fraction of sp³-hybridized carbons (Fsp3) is 0.278. The van der Waals surface area contributed by atoms with Crippen LogP contribution in [-0.4, -0.2) is 39.5 Å². The molecule has 0 saturated carbocycles. The molecule has 0 saturated heterocycles. The lowest BCUT2D eigenvalue weighted by Gasteiger charge is -2.31. The van der Waals surface area contributed by atoms with Crippen molar-refractivity contribution in [2.24, 2.45) is 0 Å². The van der Waals surface area contributed by atoms with Crippen molar-refractivity contribution >= 4 is 24.7 Å². The van der Waals surface area contributed by atoms with E-state index in [1.807, 2.05) is 30.3 Å². The van der Waals surface area contributed by atoms with Crippen molar-refractivity contribution in [2.45, 2.75) is 5.92 Å². The molecular weight excluding hydrogens is 359 g/mol. The third-order valence-electron chi connectivity index (χ3n) is 4.34. The second kappa shape index (κ2) is 7.11. The Hall–Kier alpha value is -2.34. The number of hydrogen-bond acceptors (Lipinski definition) is 7. The van der Waals surface area contributed by atoms with Gasteiger partial charge in [-0.3, -0.25) is 9.32 Å². The Bertz CT molecular complexity index is 873. The van der Waals surface area contributed by atoms with Crippen LogP contribution in [0.25, 0.3) is 10.8 Å². The Labute approximate surface area is 151 Å². The van der Waals surface area contributed by atoms with Gasteiger partial charge in [0, 0.05) is 5.56 Å². The fourth-order valence-corrected chi connectivity index (χ4v) is 5.25. The maximum absolute atomic E-state index is 12.8. The maximum atomic E-state index is 12.8. The number of ether oxygens (including phenoxy) is 2. The first-order valence-electron chi connectivity index (χ1n) is 7.80. The molecule has 2 aromatic rings. The van der Waals surface area contributed by atoms with Crippen LogP contribution < -0.4 is 4.52 Å². The minimum absolute atomic E-state index is 0.0840. The second-order valence-corrected chi connectivity index (χ2v) is 7.89. The fourth-order valence-electron chi connectivity index (χ4n) is 3.16. The summed E-state index contributed by atoms with van der Waals surface area (Å²) in [5.41, 5.74) is 0.568. The second-order valence-electron chi connectivity index (χ2n) is 5.50. The van der Waals surface area contributed by atoms with Crippen molar-refractivity contribution in [2.75, 3.05) is 28.4 Å². The first kappa shape index (κ1) is 18.5. The van der Waals surface area contributed by atoms with E-state index in [0.717, 1.165) is 10.8 Å². The van der Waals surface area contributed by atoms with E-state index < -0.39 is 25.8 Å². The number of fused-ring (bicyclic) bond motifs is 3.